The van der Waals surface area contributed by atoms with Crippen LogP contribution in [0.15, 0.2) is 0 Å². The lowest BCUT2D eigenvalue weighted by Gasteiger charge is -2.37. The van der Waals surface area contributed by atoms with Crippen LogP contribution in [0.25, 0.3) is 0 Å². The van der Waals surface area contributed by atoms with Gasteiger partial charge in [-0.15, -0.1) is 0 Å². The third-order valence-corrected chi connectivity index (χ3v) is 1.83. The molecule has 0 spiro atoms. The summed E-state index contributed by atoms with van der Waals surface area (Å²) in [4.78, 5) is 2.18. The van der Waals surface area contributed by atoms with E-state index >= 15 is 0 Å². The Kier molecular flexibility index (Phi) is 2.67. The van der Waals surface area contributed by atoms with Gasteiger partial charge in [-0.05, 0) is 0 Å². The van der Waals surface area contributed by atoms with Crippen LogP contribution in [0, 0.1) is 17.2 Å². The van der Waals surface area contributed by atoms with Gasteiger partial charge in [0.2, 0.25) is 0 Å². The van der Waals surface area contributed by atoms with Gasteiger partial charge in [0.1, 0.15) is 0 Å². The van der Waals surface area contributed by atoms with Gasteiger partial charge < -0.3 is 10.0 Å². The second kappa shape index (κ2) is 3.55. The van der Waals surface area contributed by atoms with Gasteiger partial charge in [-0.3, -0.25) is 0 Å². The maximum Gasteiger partial charge on any atom is 0.0635 e. The highest BCUT2D eigenvalue weighted by molar-refractivity contribution is 4.81. The van der Waals surface area contributed by atoms with Gasteiger partial charge in [0.25, 0.3) is 0 Å². The van der Waals surface area contributed by atoms with Gasteiger partial charge in [-0.1, -0.05) is 0 Å². The molecule has 10 heavy (non-hydrogen) atoms. The van der Waals surface area contributed by atoms with Crippen molar-refractivity contribution in [3.63, 3.8) is 0 Å². The van der Waals surface area contributed by atoms with E-state index in [0.29, 0.717) is 18.9 Å². The summed E-state index contributed by atoms with van der Waals surface area (Å²) in [5, 5.41) is 16.9. The summed E-state index contributed by atoms with van der Waals surface area (Å²) >= 11 is 0. The third-order valence-electron chi connectivity index (χ3n) is 1.83. The molecule has 0 aliphatic carbocycles. The summed E-state index contributed by atoms with van der Waals surface area (Å²) in [5.41, 5.74) is 0. The van der Waals surface area contributed by atoms with Gasteiger partial charge in [-0.2, -0.15) is 5.26 Å². The summed E-state index contributed by atoms with van der Waals surface area (Å²) in [6, 6.07) is 2.10. The van der Waals surface area contributed by atoms with Crippen LogP contribution in [-0.4, -0.2) is 36.2 Å². The first-order chi connectivity index (χ1) is 4.86. The first-order valence-corrected chi connectivity index (χ1v) is 3.57. The molecule has 0 aromatic heterocycles. The molecule has 0 aromatic carbocycles. The average molecular weight is 140 g/mol. The van der Waals surface area contributed by atoms with E-state index in [9.17, 15) is 0 Å². The molecule has 0 bridgehead atoms. The van der Waals surface area contributed by atoms with Gasteiger partial charge in [0.05, 0.1) is 6.07 Å². The lowest BCUT2D eigenvalue weighted by molar-refractivity contribution is 0.0559. The molecule has 0 unspecified atom stereocenters. The Bertz CT molecular complexity index is 135. The highest BCUT2D eigenvalue weighted by atomic mass is 16.3. The summed E-state index contributed by atoms with van der Waals surface area (Å²) < 4.78 is 0. The first-order valence-electron chi connectivity index (χ1n) is 3.57. The molecule has 1 saturated heterocycles. The second-order valence-corrected chi connectivity index (χ2v) is 2.72. The lowest BCUT2D eigenvalue weighted by Crippen LogP contribution is -2.48. The van der Waals surface area contributed by atoms with E-state index in [4.69, 9.17) is 10.4 Å². The van der Waals surface area contributed by atoms with E-state index in [0.717, 1.165) is 19.6 Å². The van der Waals surface area contributed by atoms with Gasteiger partial charge >= 0.3 is 0 Å². The van der Waals surface area contributed by atoms with Crippen LogP contribution in [-0.2, 0) is 0 Å². The highest BCUT2D eigenvalue weighted by Gasteiger charge is 2.24. The minimum atomic E-state index is 0.295. The fraction of sp³-hybridized carbons (Fsp3) is 0.857. The zero-order valence-corrected chi connectivity index (χ0v) is 5.95. The molecule has 0 aromatic rings. The Morgan fingerprint density at radius 2 is 2.30 bits per heavy atom. The number of hydrogen-bond acceptors (Lipinski definition) is 3. The van der Waals surface area contributed by atoms with Crippen molar-refractivity contribution < 1.29 is 5.11 Å². The smallest absolute Gasteiger partial charge is 0.0635 e. The van der Waals surface area contributed by atoms with Crippen molar-refractivity contribution in [3.8, 4) is 6.07 Å². The predicted molar refractivity (Wildman–Crippen MR) is 37.2 cm³/mol. The molecule has 1 heterocycles. The first kappa shape index (κ1) is 7.52. The van der Waals surface area contributed by atoms with Crippen molar-refractivity contribution in [1.29, 1.82) is 5.26 Å². The maximum absolute atomic E-state index is 8.64. The number of aliphatic hydroxyl groups excluding tert-OH is 1. The second-order valence-electron chi connectivity index (χ2n) is 2.72. The monoisotopic (exact) mass is 140 g/mol. The molecule has 0 saturated carbocycles. The van der Waals surface area contributed by atoms with Crippen LogP contribution in [0.1, 0.15) is 6.42 Å². The van der Waals surface area contributed by atoms with Crippen LogP contribution in [0.3, 0.4) is 0 Å². The fourth-order valence-electron chi connectivity index (χ4n) is 1.18. The van der Waals surface area contributed by atoms with Crippen LogP contribution < -0.4 is 0 Å². The number of nitriles is 1. The Hall–Kier alpha value is -0.590. The van der Waals surface area contributed by atoms with Crippen molar-refractivity contribution in [2.24, 2.45) is 5.92 Å². The topological polar surface area (TPSA) is 47.3 Å². The lowest BCUT2D eigenvalue weighted by atomic mass is 10.0. The molecule has 1 fully saturated rings. The minimum Gasteiger partial charge on any atom is -0.396 e. The quantitative estimate of drug-likeness (QED) is 0.591. The van der Waals surface area contributed by atoms with Crippen molar-refractivity contribution >= 4 is 0 Å². The highest BCUT2D eigenvalue weighted by Crippen LogP contribution is 2.13. The van der Waals surface area contributed by atoms with E-state index in [1.54, 1.807) is 0 Å². The number of rotatable bonds is 3. The molecule has 0 amide bonds. The van der Waals surface area contributed by atoms with Gasteiger partial charge in [0.15, 0.2) is 0 Å². The summed E-state index contributed by atoms with van der Waals surface area (Å²) in [6.45, 7) is 3.10. The number of aliphatic hydroxyl groups is 1. The molecule has 56 valence electrons. The van der Waals surface area contributed by atoms with Crippen LogP contribution in [0.5, 0.6) is 0 Å². The summed E-state index contributed by atoms with van der Waals surface area (Å²) in [5.74, 6) is 0.471. The molecule has 1 rings (SSSR count). The molecule has 0 atom stereocenters. The summed E-state index contributed by atoms with van der Waals surface area (Å²) in [6.07, 6.45) is 0.609. The van der Waals surface area contributed by atoms with Crippen molar-refractivity contribution in [2.75, 3.05) is 26.2 Å². The molecule has 3 nitrogen and oxygen atoms in total. The van der Waals surface area contributed by atoms with E-state index in [-0.39, 0.29) is 0 Å². The molecular weight excluding hydrogens is 128 g/mol. The largest absolute Gasteiger partial charge is 0.396 e. The number of likely N-dealkylation sites (tertiary alicyclic amines) is 1. The van der Waals surface area contributed by atoms with Crippen molar-refractivity contribution in [3.05, 3.63) is 0 Å². The number of hydrogen-bond donors (Lipinski definition) is 1. The van der Waals surface area contributed by atoms with Crippen LogP contribution in [0.4, 0.5) is 0 Å². The molecule has 1 N–H and O–H groups in total. The summed E-state index contributed by atoms with van der Waals surface area (Å²) in [7, 11) is 0. The van der Waals surface area contributed by atoms with Crippen LogP contribution >= 0.6 is 0 Å². The Morgan fingerprint density at radius 1 is 1.60 bits per heavy atom. The SMILES string of the molecule is N#CCCN1CC(CO)C1. The van der Waals surface area contributed by atoms with Gasteiger partial charge in [0, 0.05) is 38.6 Å². The molecule has 1 aliphatic heterocycles. The normalized spacial score (nSPS) is 20.0. The van der Waals surface area contributed by atoms with E-state index in [2.05, 4.69) is 11.0 Å². The van der Waals surface area contributed by atoms with E-state index in [1.165, 1.54) is 0 Å². The molecule has 1 aliphatic rings. The fourth-order valence-corrected chi connectivity index (χ4v) is 1.18. The van der Waals surface area contributed by atoms with Gasteiger partial charge in [-0.25, -0.2) is 0 Å². The molecular formula is C7H12N2O. The Balaban J connectivity index is 1.99. The van der Waals surface area contributed by atoms with E-state index < -0.39 is 0 Å². The van der Waals surface area contributed by atoms with Crippen molar-refractivity contribution in [2.45, 2.75) is 6.42 Å². The molecule has 3 heteroatoms. The van der Waals surface area contributed by atoms with Crippen molar-refractivity contribution in [1.82, 2.24) is 4.90 Å². The minimum absolute atomic E-state index is 0.295. The predicted octanol–water partition coefficient (Wildman–Crippen LogP) is -0.176. The Labute approximate surface area is 60.9 Å². The average Bonchev–Trinajstić information content (AvgIpc) is 1.86. The van der Waals surface area contributed by atoms with Crippen LogP contribution in [0.2, 0.25) is 0 Å². The third kappa shape index (κ3) is 1.69. The zero-order chi connectivity index (χ0) is 7.40. The Morgan fingerprint density at radius 3 is 2.80 bits per heavy atom. The maximum atomic E-state index is 8.64. The number of nitrogens with zero attached hydrogens (tertiary/aromatic N) is 2. The molecule has 0 radical (unpaired) electrons. The standard InChI is InChI=1S/C7H12N2O/c8-2-1-3-9-4-7(5-9)6-10/h7,10H,1,3-6H2. The zero-order valence-electron chi connectivity index (χ0n) is 5.95. The van der Waals surface area contributed by atoms with E-state index in [1.807, 2.05) is 0 Å².